The molecule has 0 aliphatic heterocycles. The van der Waals surface area contributed by atoms with E-state index in [9.17, 15) is 4.79 Å². The highest BCUT2D eigenvalue weighted by atomic mass is 35.5. The van der Waals surface area contributed by atoms with Crippen molar-refractivity contribution in [1.82, 2.24) is 10.2 Å². The van der Waals surface area contributed by atoms with E-state index in [1.165, 1.54) is 19.3 Å². The standard InChI is InChI=1S/C15H29N3O.2ClH/c1-18(2)13-8-6-7-12(11-13)17-14(19)15(16)9-4-3-5-10-15;;/h12-13H,3-11,16H2,1-2H3,(H,17,19);2*1H. The second-order valence-corrected chi connectivity index (χ2v) is 6.67. The summed E-state index contributed by atoms with van der Waals surface area (Å²) in [6.07, 6.45) is 9.72. The summed E-state index contributed by atoms with van der Waals surface area (Å²) < 4.78 is 0. The predicted octanol–water partition coefficient (Wildman–Crippen LogP) is 2.48. The molecule has 0 bridgehead atoms. The zero-order chi connectivity index (χ0) is 13.9. The highest BCUT2D eigenvalue weighted by Crippen LogP contribution is 2.27. The summed E-state index contributed by atoms with van der Waals surface area (Å²) >= 11 is 0. The Morgan fingerprint density at radius 1 is 1.10 bits per heavy atom. The van der Waals surface area contributed by atoms with Crippen LogP contribution >= 0.6 is 24.8 Å². The number of nitrogens with zero attached hydrogens (tertiary/aromatic N) is 1. The topological polar surface area (TPSA) is 58.4 Å². The van der Waals surface area contributed by atoms with Crippen molar-refractivity contribution in [2.24, 2.45) is 5.73 Å². The van der Waals surface area contributed by atoms with Gasteiger partial charge in [0.2, 0.25) is 5.91 Å². The van der Waals surface area contributed by atoms with Gasteiger partial charge in [-0.3, -0.25) is 4.79 Å². The van der Waals surface area contributed by atoms with Crippen LogP contribution in [0.1, 0.15) is 57.8 Å². The van der Waals surface area contributed by atoms with E-state index in [1.807, 2.05) is 0 Å². The number of nitrogens with one attached hydrogen (secondary N) is 1. The molecular formula is C15H31Cl2N3O. The predicted molar refractivity (Wildman–Crippen MR) is 92.4 cm³/mol. The smallest absolute Gasteiger partial charge is 0.240 e. The largest absolute Gasteiger partial charge is 0.352 e. The number of hydrogen-bond acceptors (Lipinski definition) is 3. The van der Waals surface area contributed by atoms with Gasteiger partial charge < -0.3 is 16.0 Å². The third-order valence-electron chi connectivity index (χ3n) is 4.91. The van der Waals surface area contributed by atoms with Gasteiger partial charge in [0, 0.05) is 12.1 Å². The van der Waals surface area contributed by atoms with Crippen molar-refractivity contribution in [3.8, 4) is 0 Å². The molecule has 0 spiro atoms. The Balaban J connectivity index is 0.00000200. The Bertz CT molecular complexity index is 320. The third-order valence-corrected chi connectivity index (χ3v) is 4.91. The Hall–Kier alpha value is -0.0300. The van der Waals surface area contributed by atoms with Crippen molar-refractivity contribution in [3.05, 3.63) is 0 Å². The molecule has 0 saturated heterocycles. The maximum Gasteiger partial charge on any atom is 0.240 e. The summed E-state index contributed by atoms with van der Waals surface area (Å²) in [5.41, 5.74) is 5.70. The van der Waals surface area contributed by atoms with Gasteiger partial charge in [0.25, 0.3) is 0 Å². The molecular weight excluding hydrogens is 309 g/mol. The van der Waals surface area contributed by atoms with Crippen LogP contribution in [0.4, 0.5) is 0 Å². The summed E-state index contributed by atoms with van der Waals surface area (Å²) in [6, 6.07) is 0.912. The molecule has 3 N–H and O–H groups in total. The molecule has 2 rings (SSSR count). The van der Waals surface area contributed by atoms with E-state index in [0.717, 1.165) is 38.5 Å². The van der Waals surface area contributed by atoms with Crippen LogP contribution in [0.15, 0.2) is 0 Å². The molecule has 2 atom stereocenters. The lowest BCUT2D eigenvalue weighted by Crippen LogP contribution is -2.58. The van der Waals surface area contributed by atoms with Gasteiger partial charge in [-0.2, -0.15) is 0 Å². The van der Waals surface area contributed by atoms with Crippen molar-refractivity contribution in [2.45, 2.75) is 75.4 Å². The molecule has 6 heteroatoms. The van der Waals surface area contributed by atoms with E-state index in [1.54, 1.807) is 0 Å². The van der Waals surface area contributed by atoms with Crippen molar-refractivity contribution < 1.29 is 4.79 Å². The summed E-state index contributed by atoms with van der Waals surface area (Å²) in [4.78, 5) is 14.7. The zero-order valence-electron chi connectivity index (χ0n) is 13.3. The fourth-order valence-corrected chi connectivity index (χ4v) is 3.50. The molecule has 2 saturated carbocycles. The van der Waals surface area contributed by atoms with Gasteiger partial charge in [-0.05, 0) is 52.6 Å². The molecule has 2 fully saturated rings. The first-order valence-electron chi connectivity index (χ1n) is 7.77. The number of rotatable bonds is 3. The van der Waals surface area contributed by atoms with Crippen LogP contribution < -0.4 is 11.1 Å². The Labute approximate surface area is 141 Å². The van der Waals surface area contributed by atoms with E-state index in [0.29, 0.717) is 12.1 Å². The van der Waals surface area contributed by atoms with Crippen molar-refractivity contribution in [2.75, 3.05) is 14.1 Å². The zero-order valence-corrected chi connectivity index (χ0v) is 14.9. The first-order chi connectivity index (χ1) is 9.01. The number of hydrogen-bond donors (Lipinski definition) is 2. The normalized spacial score (nSPS) is 28.2. The molecule has 0 radical (unpaired) electrons. The van der Waals surface area contributed by atoms with Crippen molar-refractivity contribution >= 4 is 30.7 Å². The van der Waals surface area contributed by atoms with E-state index in [2.05, 4.69) is 24.3 Å². The number of amides is 1. The van der Waals surface area contributed by atoms with Gasteiger partial charge in [0.1, 0.15) is 0 Å². The van der Waals surface area contributed by atoms with Crippen LogP contribution in [-0.4, -0.2) is 42.5 Å². The van der Waals surface area contributed by atoms with E-state index < -0.39 is 5.54 Å². The molecule has 1 amide bonds. The van der Waals surface area contributed by atoms with E-state index >= 15 is 0 Å². The summed E-state index contributed by atoms with van der Waals surface area (Å²) in [7, 11) is 4.25. The van der Waals surface area contributed by atoms with Crippen LogP contribution in [0.3, 0.4) is 0 Å². The van der Waals surface area contributed by atoms with Gasteiger partial charge >= 0.3 is 0 Å². The number of carbonyl (C=O) groups is 1. The minimum atomic E-state index is -0.594. The highest BCUT2D eigenvalue weighted by Gasteiger charge is 2.37. The van der Waals surface area contributed by atoms with E-state index in [-0.39, 0.29) is 30.7 Å². The molecule has 2 aliphatic carbocycles. The molecule has 2 aliphatic rings. The summed E-state index contributed by atoms with van der Waals surface area (Å²) in [6.45, 7) is 0. The first-order valence-corrected chi connectivity index (χ1v) is 7.77. The maximum atomic E-state index is 12.4. The Morgan fingerprint density at radius 2 is 1.71 bits per heavy atom. The average Bonchev–Trinajstić information content (AvgIpc) is 2.40. The van der Waals surface area contributed by atoms with Crippen molar-refractivity contribution in [3.63, 3.8) is 0 Å². The van der Waals surface area contributed by atoms with E-state index in [4.69, 9.17) is 5.73 Å². The fourth-order valence-electron chi connectivity index (χ4n) is 3.50. The Kier molecular flexibility index (Phi) is 9.17. The second kappa shape index (κ2) is 9.19. The molecule has 4 nitrogen and oxygen atoms in total. The van der Waals surface area contributed by atoms with Crippen molar-refractivity contribution in [1.29, 1.82) is 0 Å². The first kappa shape index (κ1) is 21.0. The molecule has 2 unspecified atom stereocenters. The van der Waals surface area contributed by atoms with Gasteiger partial charge in [-0.15, -0.1) is 24.8 Å². The summed E-state index contributed by atoms with van der Waals surface area (Å²) in [5, 5.41) is 3.22. The van der Waals surface area contributed by atoms with Crippen LogP contribution in [0.5, 0.6) is 0 Å². The quantitative estimate of drug-likeness (QED) is 0.830. The second-order valence-electron chi connectivity index (χ2n) is 6.67. The summed E-state index contributed by atoms with van der Waals surface area (Å²) in [5.74, 6) is 0.0941. The lowest BCUT2D eigenvalue weighted by molar-refractivity contribution is -0.128. The molecule has 0 aromatic carbocycles. The van der Waals surface area contributed by atoms with Gasteiger partial charge in [-0.1, -0.05) is 19.3 Å². The molecule has 0 aromatic heterocycles. The van der Waals surface area contributed by atoms with Crippen LogP contribution in [-0.2, 0) is 4.79 Å². The van der Waals surface area contributed by atoms with Gasteiger partial charge in [0.05, 0.1) is 5.54 Å². The highest BCUT2D eigenvalue weighted by molar-refractivity contribution is 5.86. The average molecular weight is 340 g/mol. The fraction of sp³-hybridized carbons (Fsp3) is 0.933. The minimum absolute atomic E-state index is 0. The maximum absolute atomic E-state index is 12.4. The number of carbonyl (C=O) groups excluding carboxylic acids is 1. The van der Waals surface area contributed by atoms with Crippen LogP contribution in [0.2, 0.25) is 0 Å². The van der Waals surface area contributed by atoms with Gasteiger partial charge in [0.15, 0.2) is 0 Å². The molecule has 21 heavy (non-hydrogen) atoms. The van der Waals surface area contributed by atoms with Gasteiger partial charge in [-0.25, -0.2) is 0 Å². The minimum Gasteiger partial charge on any atom is -0.352 e. The SMILES string of the molecule is CN(C)C1CCCC(NC(=O)C2(N)CCCCC2)C1.Cl.Cl. The monoisotopic (exact) mass is 339 g/mol. The number of halogens is 2. The lowest BCUT2D eigenvalue weighted by atomic mass is 9.81. The van der Waals surface area contributed by atoms with Crippen LogP contribution in [0.25, 0.3) is 0 Å². The molecule has 0 aromatic rings. The molecule has 0 heterocycles. The van der Waals surface area contributed by atoms with Crippen LogP contribution in [0, 0.1) is 0 Å². The third kappa shape index (κ3) is 5.59. The Morgan fingerprint density at radius 3 is 2.29 bits per heavy atom. The number of nitrogens with two attached hydrogens (primary N) is 1. The lowest BCUT2D eigenvalue weighted by Gasteiger charge is -2.37. The molecule has 126 valence electrons.